The number of hydrogen-bond donors (Lipinski definition) is 2. The van der Waals surface area contributed by atoms with Crippen LogP contribution in [0.4, 0.5) is 0 Å². The molecule has 150 valence electrons. The highest BCUT2D eigenvalue weighted by atomic mass is 16.2. The molecular weight excluding hydrogens is 328 g/mol. The quantitative estimate of drug-likeness (QED) is 0.527. The van der Waals surface area contributed by atoms with Crippen molar-refractivity contribution in [3.8, 4) is 0 Å². The predicted molar refractivity (Wildman–Crippen MR) is 107 cm³/mol. The number of hydrogen-bond acceptors (Lipinski definition) is 4. The first-order chi connectivity index (χ1) is 12.4. The number of nitrogens with zero attached hydrogens (tertiary/aromatic N) is 4. The van der Waals surface area contributed by atoms with E-state index in [1.807, 2.05) is 18.9 Å². The fourth-order valence-corrected chi connectivity index (χ4v) is 3.86. The molecule has 2 saturated heterocycles. The standard InChI is InChI=1S/C19H38N6O/c1-6-18(26)25-8-7-16(14-25)22-19(20-4)21-13-17(15(2)3)24-11-9-23(5)10-12-24/h15-17H,6-14H2,1-5H3,(H2,20,21,22). The molecular formula is C19H38N6O. The van der Waals surface area contributed by atoms with E-state index in [1.54, 1.807) is 0 Å². The maximum Gasteiger partial charge on any atom is 0.222 e. The minimum Gasteiger partial charge on any atom is -0.355 e. The summed E-state index contributed by atoms with van der Waals surface area (Å²) in [7, 11) is 4.01. The minimum absolute atomic E-state index is 0.243. The van der Waals surface area contributed by atoms with Gasteiger partial charge >= 0.3 is 0 Å². The Balaban J connectivity index is 1.82. The molecule has 0 bridgehead atoms. The van der Waals surface area contributed by atoms with E-state index in [-0.39, 0.29) is 11.9 Å². The number of rotatable bonds is 6. The van der Waals surface area contributed by atoms with Gasteiger partial charge in [-0.05, 0) is 19.4 Å². The number of carbonyl (C=O) groups is 1. The molecule has 0 saturated carbocycles. The number of likely N-dealkylation sites (tertiary alicyclic amines) is 1. The summed E-state index contributed by atoms with van der Waals surface area (Å²) >= 11 is 0. The molecule has 0 aromatic rings. The topological polar surface area (TPSA) is 63.2 Å². The molecule has 7 heteroatoms. The summed E-state index contributed by atoms with van der Waals surface area (Å²) in [6.45, 7) is 13.6. The molecule has 2 rings (SSSR count). The number of amides is 1. The maximum atomic E-state index is 11.8. The van der Waals surface area contributed by atoms with Gasteiger partial charge in [0.1, 0.15) is 0 Å². The van der Waals surface area contributed by atoms with Crippen LogP contribution in [-0.2, 0) is 4.79 Å². The Morgan fingerprint density at radius 1 is 1.19 bits per heavy atom. The summed E-state index contributed by atoms with van der Waals surface area (Å²) in [4.78, 5) is 23.2. The summed E-state index contributed by atoms with van der Waals surface area (Å²) in [6.07, 6.45) is 1.57. The average Bonchev–Trinajstić information content (AvgIpc) is 3.10. The van der Waals surface area contributed by atoms with Crippen molar-refractivity contribution < 1.29 is 4.79 Å². The van der Waals surface area contributed by atoms with Crippen molar-refractivity contribution in [1.82, 2.24) is 25.3 Å². The van der Waals surface area contributed by atoms with Crippen molar-refractivity contribution in [2.75, 3.05) is 59.9 Å². The van der Waals surface area contributed by atoms with Gasteiger partial charge in [-0.15, -0.1) is 0 Å². The Morgan fingerprint density at radius 2 is 1.88 bits per heavy atom. The van der Waals surface area contributed by atoms with E-state index in [9.17, 15) is 4.79 Å². The number of aliphatic imine (C=N–C) groups is 1. The lowest BCUT2D eigenvalue weighted by Gasteiger charge is -2.40. The summed E-state index contributed by atoms with van der Waals surface area (Å²) in [5.41, 5.74) is 0. The molecule has 0 spiro atoms. The number of piperazine rings is 1. The van der Waals surface area contributed by atoms with E-state index in [4.69, 9.17) is 0 Å². The van der Waals surface area contributed by atoms with Crippen LogP contribution in [0.25, 0.3) is 0 Å². The van der Waals surface area contributed by atoms with Crippen LogP contribution < -0.4 is 10.6 Å². The zero-order chi connectivity index (χ0) is 19.1. The molecule has 1 amide bonds. The largest absolute Gasteiger partial charge is 0.355 e. The van der Waals surface area contributed by atoms with Crippen LogP contribution in [0, 0.1) is 5.92 Å². The van der Waals surface area contributed by atoms with Crippen molar-refractivity contribution in [2.45, 2.75) is 45.7 Å². The zero-order valence-corrected chi connectivity index (χ0v) is 17.3. The molecule has 7 nitrogen and oxygen atoms in total. The van der Waals surface area contributed by atoms with E-state index in [2.05, 4.69) is 46.3 Å². The second-order valence-corrected chi connectivity index (χ2v) is 7.93. The fourth-order valence-electron chi connectivity index (χ4n) is 3.86. The van der Waals surface area contributed by atoms with Crippen LogP contribution >= 0.6 is 0 Å². The van der Waals surface area contributed by atoms with Crippen molar-refractivity contribution in [1.29, 1.82) is 0 Å². The third-order valence-corrected chi connectivity index (χ3v) is 5.66. The monoisotopic (exact) mass is 366 g/mol. The molecule has 2 heterocycles. The molecule has 2 N–H and O–H groups in total. The Hall–Kier alpha value is -1.34. The first-order valence-corrected chi connectivity index (χ1v) is 10.1. The molecule has 0 aromatic heterocycles. The first-order valence-electron chi connectivity index (χ1n) is 10.1. The molecule has 2 aliphatic rings. The van der Waals surface area contributed by atoms with Gasteiger partial charge < -0.3 is 20.4 Å². The normalized spacial score (nSPS) is 24.2. The molecule has 2 atom stereocenters. The molecule has 0 aromatic carbocycles. The lowest BCUT2D eigenvalue weighted by Crippen LogP contribution is -2.55. The summed E-state index contributed by atoms with van der Waals surface area (Å²) in [5.74, 6) is 1.68. The lowest BCUT2D eigenvalue weighted by molar-refractivity contribution is -0.129. The third kappa shape index (κ3) is 5.84. The predicted octanol–water partition coefficient (Wildman–Crippen LogP) is 0.434. The van der Waals surface area contributed by atoms with Gasteiger partial charge in [-0.2, -0.15) is 0 Å². The van der Waals surface area contributed by atoms with Crippen LogP contribution in [-0.4, -0.2) is 98.6 Å². The number of guanidine groups is 1. The van der Waals surface area contributed by atoms with Crippen LogP contribution in [0.1, 0.15) is 33.6 Å². The van der Waals surface area contributed by atoms with Gasteiger partial charge in [0.2, 0.25) is 5.91 Å². The van der Waals surface area contributed by atoms with Crippen LogP contribution in [0.5, 0.6) is 0 Å². The summed E-state index contributed by atoms with van der Waals surface area (Å²) < 4.78 is 0. The highest BCUT2D eigenvalue weighted by Crippen LogP contribution is 2.13. The Bertz CT molecular complexity index is 473. The maximum absolute atomic E-state index is 11.8. The molecule has 26 heavy (non-hydrogen) atoms. The number of likely N-dealkylation sites (N-methyl/N-ethyl adjacent to an activating group) is 1. The number of nitrogens with one attached hydrogen (secondary N) is 2. The Morgan fingerprint density at radius 3 is 2.46 bits per heavy atom. The molecule has 0 radical (unpaired) electrons. The highest BCUT2D eigenvalue weighted by Gasteiger charge is 2.27. The van der Waals surface area contributed by atoms with Gasteiger partial charge in [-0.25, -0.2) is 0 Å². The van der Waals surface area contributed by atoms with Crippen molar-refractivity contribution >= 4 is 11.9 Å². The van der Waals surface area contributed by atoms with E-state index in [1.165, 1.54) is 0 Å². The summed E-state index contributed by atoms with van der Waals surface area (Å²) in [5, 5.41) is 7.02. The van der Waals surface area contributed by atoms with Crippen molar-refractivity contribution in [2.24, 2.45) is 10.9 Å². The first kappa shape index (κ1) is 21.0. The molecule has 2 aliphatic heterocycles. The van der Waals surface area contributed by atoms with Crippen LogP contribution in [0.15, 0.2) is 4.99 Å². The Labute approximate surface area is 159 Å². The molecule has 0 aliphatic carbocycles. The van der Waals surface area contributed by atoms with Crippen LogP contribution in [0.2, 0.25) is 0 Å². The van der Waals surface area contributed by atoms with Crippen molar-refractivity contribution in [3.63, 3.8) is 0 Å². The Kier molecular flexibility index (Phi) is 8.15. The second kappa shape index (κ2) is 10.1. The van der Waals surface area contributed by atoms with Gasteiger partial charge in [0, 0.05) is 71.4 Å². The SMILES string of the molecule is CCC(=O)N1CCC(NC(=NC)NCC(C(C)C)N2CCN(C)CC2)C1. The van der Waals surface area contributed by atoms with Gasteiger partial charge in [-0.3, -0.25) is 14.7 Å². The van der Waals surface area contributed by atoms with Crippen molar-refractivity contribution in [3.05, 3.63) is 0 Å². The van der Waals surface area contributed by atoms with Crippen LogP contribution in [0.3, 0.4) is 0 Å². The van der Waals surface area contributed by atoms with Gasteiger partial charge in [0.15, 0.2) is 5.96 Å². The van der Waals surface area contributed by atoms with Gasteiger partial charge in [-0.1, -0.05) is 20.8 Å². The lowest BCUT2D eigenvalue weighted by atomic mass is 10.0. The fraction of sp³-hybridized carbons (Fsp3) is 0.895. The molecule has 2 unspecified atom stereocenters. The van der Waals surface area contributed by atoms with Gasteiger partial charge in [0.25, 0.3) is 0 Å². The third-order valence-electron chi connectivity index (χ3n) is 5.66. The van der Waals surface area contributed by atoms with E-state index in [0.717, 1.165) is 58.2 Å². The average molecular weight is 367 g/mol. The number of carbonyl (C=O) groups excluding carboxylic acids is 1. The van der Waals surface area contributed by atoms with Gasteiger partial charge in [0.05, 0.1) is 0 Å². The highest BCUT2D eigenvalue weighted by molar-refractivity contribution is 5.80. The van der Waals surface area contributed by atoms with E-state index < -0.39 is 0 Å². The van der Waals surface area contributed by atoms with E-state index in [0.29, 0.717) is 18.4 Å². The summed E-state index contributed by atoms with van der Waals surface area (Å²) in [6, 6.07) is 0.793. The molecule has 2 fully saturated rings. The van der Waals surface area contributed by atoms with E-state index >= 15 is 0 Å². The smallest absolute Gasteiger partial charge is 0.222 e. The second-order valence-electron chi connectivity index (χ2n) is 7.93. The minimum atomic E-state index is 0.243. The zero-order valence-electron chi connectivity index (χ0n) is 17.3.